The number of nitrogens with zero attached hydrogens (tertiary/aromatic N) is 1. The first kappa shape index (κ1) is 15.5. The third-order valence-electron chi connectivity index (χ3n) is 3.76. The summed E-state index contributed by atoms with van der Waals surface area (Å²) < 4.78 is 0. The molecular formula is C16H23N3O2. The second-order valence-corrected chi connectivity index (χ2v) is 5.53. The van der Waals surface area contributed by atoms with Crippen molar-refractivity contribution in [2.45, 2.75) is 31.7 Å². The van der Waals surface area contributed by atoms with Crippen LogP contribution in [0, 0.1) is 0 Å². The largest absolute Gasteiger partial charge is 0.335 e. The standard InChI is InChI=1S/C16H23N3O2/c1-19(16(21)11-17-13-7-5-6-8-13)12-15(20)18-14-9-3-2-4-10-14/h2-4,9-10,13,17H,5-8,11-12H2,1H3,(H,18,20). The van der Waals surface area contributed by atoms with Crippen LogP contribution in [0.25, 0.3) is 0 Å². The number of nitrogens with one attached hydrogen (secondary N) is 2. The van der Waals surface area contributed by atoms with Gasteiger partial charge in [0.15, 0.2) is 0 Å². The topological polar surface area (TPSA) is 61.4 Å². The van der Waals surface area contributed by atoms with E-state index >= 15 is 0 Å². The van der Waals surface area contributed by atoms with E-state index in [1.807, 2.05) is 30.3 Å². The molecule has 0 aromatic heterocycles. The van der Waals surface area contributed by atoms with Crippen molar-refractivity contribution in [1.29, 1.82) is 0 Å². The number of carbonyl (C=O) groups is 2. The van der Waals surface area contributed by atoms with Crippen LogP contribution in [0.2, 0.25) is 0 Å². The molecule has 0 aliphatic heterocycles. The molecule has 0 heterocycles. The zero-order valence-electron chi connectivity index (χ0n) is 12.5. The van der Waals surface area contributed by atoms with Crippen LogP contribution in [0.1, 0.15) is 25.7 Å². The highest BCUT2D eigenvalue weighted by atomic mass is 16.2. The number of carbonyl (C=O) groups excluding carboxylic acids is 2. The van der Waals surface area contributed by atoms with Crippen LogP contribution in [0.4, 0.5) is 5.69 Å². The number of hydrogen-bond donors (Lipinski definition) is 2. The van der Waals surface area contributed by atoms with E-state index in [1.54, 1.807) is 7.05 Å². The van der Waals surface area contributed by atoms with E-state index in [-0.39, 0.29) is 18.4 Å². The van der Waals surface area contributed by atoms with Crippen molar-refractivity contribution in [3.8, 4) is 0 Å². The smallest absolute Gasteiger partial charge is 0.243 e. The van der Waals surface area contributed by atoms with Crippen molar-refractivity contribution < 1.29 is 9.59 Å². The summed E-state index contributed by atoms with van der Waals surface area (Å²) in [5.74, 6) is -0.233. The maximum atomic E-state index is 12.0. The molecule has 0 atom stereocenters. The predicted octanol–water partition coefficient (Wildman–Crippen LogP) is 1.62. The highest BCUT2D eigenvalue weighted by Gasteiger charge is 2.17. The molecule has 1 aliphatic carbocycles. The zero-order chi connectivity index (χ0) is 15.1. The molecule has 0 spiro atoms. The molecule has 0 saturated heterocycles. The van der Waals surface area contributed by atoms with Gasteiger partial charge in [-0.1, -0.05) is 31.0 Å². The fraction of sp³-hybridized carbons (Fsp3) is 0.500. The molecule has 2 rings (SSSR count). The maximum absolute atomic E-state index is 12.0. The first-order valence-corrected chi connectivity index (χ1v) is 7.47. The number of benzene rings is 1. The van der Waals surface area contributed by atoms with E-state index in [2.05, 4.69) is 10.6 Å². The van der Waals surface area contributed by atoms with Gasteiger partial charge >= 0.3 is 0 Å². The van der Waals surface area contributed by atoms with Crippen LogP contribution in [0.5, 0.6) is 0 Å². The molecule has 21 heavy (non-hydrogen) atoms. The minimum Gasteiger partial charge on any atom is -0.335 e. The van der Waals surface area contributed by atoms with Crippen molar-refractivity contribution in [2.75, 3.05) is 25.5 Å². The van der Waals surface area contributed by atoms with E-state index in [0.29, 0.717) is 12.6 Å². The molecule has 1 aromatic carbocycles. The number of rotatable bonds is 6. The van der Waals surface area contributed by atoms with Gasteiger partial charge in [-0.05, 0) is 25.0 Å². The molecule has 2 amide bonds. The van der Waals surface area contributed by atoms with Gasteiger partial charge < -0.3 is 15.5 Å². The third-order valence-corrected chi connectivity index (χ3v) is 3.76. The highest BCUT2D eigenvalue weighted by molar-refractivity contribution is 5.94. The molecule has 1 aliphatic rings. The van der Waals surface area contributed by atoms with Gasteiger partial charge in [0.25, 0.3) is 0 Å². The minimum atomic E-state index is -0.182. The Bertz CT molecular complexity index is 470. The predicted molar refractivity (Wildman–Crippen MR) is 83.0 cm³/mol. The number of anilines is 1. The van der Waals surface area contributed by atoms with Crippen molar-refractivity contribution in [2.24, 2.45) is 0 Å². The average molecular weight is 289 g/mol. The van der Waals surface area contributed by atoms with Gasteiger partial charge in [-0.25, -0.2) is 0 Å². The van der Waals surface area contributed by atoms with Crippen LogP contribution in [-0.4, -0.2) is 42.9 Å². The minimum absolute atomic E-state index is 0.0508. The first-order valence-electron chi connectivity index (χ1n) is 7.47. The molecule has 1 fully saturated rings. The van der Waals surface area contributed by atoms with Gasteiger partial charge in [-0.2, -0.15) is 0 Å². The van der Waals surface area contributed by atoms with Crippen LogP contribution in [0.3, 0.4) is 0 Å². The van der Waals surface area contributed by atoms with Gasteiger partial charge in [-0.15, -0.1) is 0 Å². The van der Waals surface area contributed by atoms with Gasteiger partial charge in [-0.3, -0.25) is 9.59 Å². The Labute approximate surface area is 125 Å². The average Bonchev–Trinajstić information content (AvgIpc) is 2.98. The molecule has 5 nitrogen and oxygen atoms in total. The Morgan fingerprint density at radius 2 is 1.86 bits per heavy atom. The van der Waals surface area contributed by atoms with Crippen LogP contribution >= 0.6 is 0 Å². The lowest BCUT2D eigenvalue weighted by Crippen LogP contribution is -2.42. The fourth-order valence-corrected chi connectivity index (χ4v) is 2.52. The van der Waals surface area contributed by atoms with E-state index in [9.17, 15) is 9.59 Å². The van der Waals surface area contributed by atoms with E-state index in [4.69, 9.17) is 0 Å². The quantitative estimate of drug-likeness (QED) is 0.836. The zero-order valence-corrected chi connectivity index (χ0v) is 12.5. The number of amides is 2. The summed E-state index contributed by atoms with van der Waals surface area (Å²) in [5, 5.41) is 6.03. The molecule has 0 bridgehead atoms. The summed E-state index contributed by atoms with van der Waals surface area (Å²) >= 11 is 0. The lowest BCUT2D eigenvalue weighted by Gasteiger charge is -2.19. The summed E-state index contributed by atoms with van der Waals surface area (Å²) in [6.07, 6.45) is 4.76. The van der Waals surface area contributed by atoms with Crippen LogP contribution < -0.4 is 10.6 Å². The van der Waals surface area contributed by atoms with Crippen molar-refractivity contribution in [3.63, 3.8) is 0 Å². The Kier molecular flexibility index (Phi) is 5.75. The lowest BCUT2D eigenvalue weighted by atomic mass is 10.2. The summed E-state index contributed by atoms with van der Waals surface area (Å²) in [6, 6.07) is 9.70. The fourth-order valence-electron chi connectivity index (χ4n) is 2.52. The molecule has 0 radical (unpaired) electrons. The molecule has 2 N–H and O–H groups in total. The lowest BCUT2D eigenvalue weighted by molar-refractivity contribution is -0.132. The Hall–Kier alpha value is -1.88. The number of hydrogen-bond acceptors (Lipinski definition) is 3. The summed E-state index contributed by atoms with van der Waals surface area (Å²) in [4.78, 5) is 25.3. The molecule has 114 valence electrons. The van der Waals surface area contributed by atoms with Crippen molar-refractivity contribution in [3.05, 3.63) is 30.3 Å². The van der Waals surface area contributed by atoms with Gasteiger partial charge in [0.2, 0.25) is 11.8 Å². The summed E-state index contributed by atoms with van der Waals surface area (Å²) in [7, 11) is 1.66. The summed E-state index contributed by atoms with van der Waals surface area (Å²) in [6.45, 7) is 0.375. The van der Waals surface area contributed by atoms with Crippen LogP contribution in [0.15, 0.2) is 30.3 Å². The van der Waals surface area contributed by atoms with E-state index in [1.165, 1.54) is 17.7 Å². The Morgan fingerprint density at radius 3 is 2.52 bits per heavy atom. The third kappa shape index (κ3) is 5.19. The van der Waals surface area contributed by atoms with E-state index in [0.717, 1.165) is 18.5 Å². The molecule has 0 unspecified atom stereocenters. The maximum Gasteiger partial charge on any atom is 0.243 e. The SMILES string of the molecule is CN(CC(=O)Nc1ccccc1)C(=O)CNC1CCCC1. The normalized spacial score (nSPS) is 14.9. The Balaban J connectivity index is 1.70. The van der Waals surface area contributed by atoms with Gasteiger partial charge in [0.1, 0.15) is 0 Å². The highest BCUT2D eigenvalue weighted by Crippen LogP contribution is 2.17. The van der Waals surface area contributed by atoms with Crippen molar-refractivity contribution in [1.82, 2.24) is 10.2 Å². The summed E-state index contributed by atoms with van der Waals surface area (Å²) in [5.41, 5.74) is 0.743. The first-order chi connectivity index (χ1) is 10.1. The monoisotopic (exact) mass is 289 g/mol. The number of para-hydroxylation sites is 1. The Morgan fingerprint density at radius 1 is 1.19 bits per heavy atom. The van der Waals surface area contributed by atoms with Gasteiger partial charge in [0.05, 0.1) is 13.1 Å². The molecule has 5 heteroatoms. The number of likely N-dealkylation sites (N-methyl/N-ethyl adjacent to an activating group) is 1. The second kappa shape index (κ2) is 7.78. The molecule has 1 aromatic rings. The second-order valence-electron chi connectivity index (χ2n) is 5.53. The van der Waals surface area contributed by atoms with Gasteiger partial charge in [0, 0.05) is 18.8 Å². The molecule has 1 saturated carbocycles. The van der Waals surface area contributed by atoms with E-state index < -0.39 is 0 Å². The van der Waals surface area contributed by atoms with Crippen LogP contribution in [-0.2, 0) is 9.59 Å². The molecular weight excluding hydrogens is 266 g/mol. The van der Waals surface area contributed by atoms with Crippen molar-refractivity contribution >= 4 is 17.5 Å².